The number of phenols is 1. The lowest BCUT2D eigenvalue weighted by atomic mass is 9.99. The van der Waals surface area contributed by atoms with Gasteiger partial charge in [-0.05, 0) is 86.4 Å². The number of nitrogens with one attached hydrogen (secondary N) is 14. The molecule has 5 aromatic rings. The summed E-state index contributed by atoms with van der Waals surface area (Å²) in [5.74, 6) is -18.1. The number of amides is 15. The van der Waals surface area contributed by atoms with Gasteiger partial charge in [0.15, 0.2) is 0 Å². The van der Waals surface area contributed by atoms with Crippen LogP contribution in [0.5, 0.6) is 5.75 Å². The van der Waals surface area contributed by atoms with Gasteiger partial charge in [-0.25, -0.2) is 0 Å². The summed E-state index contributed by atoms with van der Waals surface area (Å²) in [4.78, 5) is 223. The molecule has 3 aromatic carbocycles. The highest BCUT2D eigenvalue weighted by molar-refractivity contribution is 7.80. The normalized spacial score (nSPS) is 14.8. The topological polar surface area (TPSA) is 608 Å². The summed E-state index contributed by atoms with van der Waals surface area (Å²) in [6.07, 6.45) is -4.47. The number of para-hydroxylation sites is 2. The minimum atomic E-state index is -1.92. The molecule has 0 aliphatic heterocycles. The number of rotatable bonds is 45. The molecule has 13 atom stereocenters. The number of primary amides is 3. The number of carbonyl (C=O) groups excluding carboxylic acids is 15. The zero-order valence-corrected chi connectivity index (χ0v) is 62.1. The molecule has 0 saturated heterocycles. The number of phenolic OH excluding ortho intramolecular Hbond substituents is 1. The van der Waals surface area contributed by atoms with Crippen molar-refractivity contribution >= 4 is 142 Å². The molecular weight excluding hydrogens is 1460 g/mol. The van der Waals surface area contributed by atoms with Gasteiger partial charge in [0.25, 0.3) is 0 Å². The predicted molar refractivity (Wildman–Crippen MR) is 399 cm³/mol. The molecule has 0 aliphatic rings. The van der Waals surface area contributed by atoms with E-state index in [2.05, 4.69) is 99.0 Å². The van der Waals surface area contributed by atoms with Gasteiger partial charge in [-0.2, -0.15) is 25.3 Å². The summed E-state index contributed by atoms with van der Waals surface area (Å²) in [6, 6.07) is 0.583. The second-order valence-electron chi connectivity index (χ2n) is 26.3. The first kappa shape index (κ1) is 88.3. The average molecular weight is 1560 g/mol. The molecule has 0 unspecified atom stereocenters. The third kappa shape index (κ3) is 28.4. The first-order chi connectivity index (χ1) is 51.5. The molecule has 15 amide bonds. The SMILES string of the molecule is CC(=O)N[C@@H](CS)C(=O)N[C@H](C(=O)N[C@H](C(=O)N[C@@H](Cc1c[nH]c2ccccc12)C(=O)N[C@@H](CCC(N)=O)C(=O)N[C@@H](CS)C(=O)N[C@@H](Cc1ccc(O)cc1)C(=O)N[C@@H](Cc1c[nH]c2ccccc12)C(=O)N[C@@H](CCC(C)C)C(=O)N[C@@H](CCC(=O)O)C(=O)N[C@@H](CC(N)=O)C(=O)NCC(N)=O)[C@@H](C)O)[C@@H](C)O. The zero-order chi connectivity index (χ0) is 80.9. The van der Waals surface area contributed by atoms with Gasteiger partial charge in [0, 0.05) is 84.7 Å². The maximum absolute atomic E-state index is 15.1. The molecule has 39 heteroatoms. The molecule has 0 radical (unpaired) electrons. The number of nitrogens with two attached hydrogens (primary N) is 3. The monoisotopic (exact) mass is 1560 g/mol. The Labute approximate surface area is 636 Å². The molecule has 0 bridgehead atoms. The fourth-order valence-corrected chi connectivity index (χ4v) is 11.7. The van der Waals surface area contributed by atoms with E-state index >= 15 is 9.59 Å². The van der Waals surface area contributed by atoms with E-state index in [1.54, 1.807) is 68.6 Å². The fraction of sp³-hybridized carbons (Fsp3) is 0.457. The molecule has 109 heavy (non-hydrogen) atoms. The number of aromatic amines is 2. The second kappa shape index (κ2) is 42.9. The first-order valence-corrected chi connectivity index (χ1v) is 35.9. The number of aliphatic hydroxyl groups excluding tert-OH is 2. The number of thiol groups is 2. The summed E-state index contributed by atoms with van der Waals surface area (Å²) in [5, 5.41) is 71.8. The van der Waals surface area contributed by atoms with Crippen LogP contribution in [0, 0.1) is 5.92 Å². The number of fused-ring (bicyclic) bond motifs is 2. The van der Waals surface area contributed by atoms with Crippen LogP contribution in [0.15, 0.2) is 85.2 Å². The van der Waals surface area contributed by atoms with Crippen molar-refractivity contribution in [2.24, 2.45) is 23.1 Å². The van der Waals surface area contributed by atoms with Crippen molar-refractivity contribution in [3.63, 3.8) is 0 Å². The Kier molecular flexibility index (Phi) is 34.7. The van der Waals surface area contributed by atoms with E-state index < -0.39 is 218 Å². The van der Waals surface area contributed by atoms with Crippen molar-refractivity contribution in [3.8, 4) is 5.75 Å². The molecule has 0 spiro atoms. The number of hydrogen-bond acceptors (Lipinski definition) is 21. The highest BCUT2D eigenvalue weighted by atomic mass is 32.1. The molecule has 5 rings (SSSR count). The van der Waals surface area contributed by atoms with Crippen LogP contribution >= 0.6 is 25.3 Å². The Bertz CT molecular complexity index is 4100. The van der Waals surface area contributed by atoms with Crippen LogP contribution in [0.4, 0.5) is 0 Å². The van der Waals surface area contributed by atoms with Gasteiger partial charge in [0.05, 0.1) is 25.2 Å². The Hall–Kier alpha value is -11.3. The Morgan fingerprint density at radius 2 is 0.789 bits per heavy atom. The Morgan fingerprint density at radius 3 is 1.22 bits per heavy atom. The van der Waals surface area contributed by atoms with Gasteiger partial charge in [-0.3, -0.25) is 76.7 Å². The van der Waals surface area contributed by atoms with E-state index in [-0.39, 0.29) is 49.5 Å². The number of benzene rings is 3. The smallest absolute Gasteiger partial charge is 0.303 e. The summed E-state index contributed by atoms with van der Waals surface area (Å²) in [7, 11) is 0. The number of hydrogen-bond donors (Lipinski definition) is 23. The van der Waals surface area contributed by atoms with Crippen LogP contribution < -0.4 is 81.0 Å². The van der Waals surface area contributed by atoms with Gasteiger partial charge in [-0.15, -0.1) is 0 Å². The number of carbonyl (C=O) groups is 16. The molecule has 0 aliphatic carbocycles. The quantitative estimate of drug-likeness (QED) is 0.0163. The van der Waals surface area contributed by atoms with Crippen LogP contribution in [0.3, 0.4) is 0 Å². The number of aliphatic carboxylic acids is 1. The molecule has 2 aromatic heterocycles. The van der Waals surface area contributed by atoms with E-state index in [0.29, 0.717) is 38.5 Å². The van der Waals surface area contributed by atoms with Gasteiger partial charge in [0.2, 0.25) is 88.6 Å². The van der Waals surface area contributed by atoms with Crippen molar-refractivity contribution in [2.75, 3.05) is 18.1 Å². The van der Waals surface area contributed by atoms with E-state index in [1.165, 1.54) is 30.5 Å². The van der Waals surface area contributed by atoms with Crippen LogP contribution in [-0.4, -0.2) is 222 Å². The van der Waals surface area contributed by atoms with Gasteiger partial charge in [-0.1, -0.05) is 62.4 Å². The lowest BCUT2D eigenvalue weighted by Gasteiger charge is -2.29. The van der Waals surface area contributed by atoms with E-state index in [4.69, 9.17) is 17.2 Å². The molecule has 24 N–H and O–H groups in total. The lowest BCUT2D eigenvalue weighted by Crippen LogP contribution is -2.63. The minimum absolute atomic E-state index is 0.128. The number of aromatic nitrogens is 2. The largest absolute Gasteiger partial charge is 0.508 e. The average Bonchev–Trinajstić information content (AvgIpc) is 1.81. The van der Waals surface area contributed by atoms with Gasteiger partial charge in [0.1, 0.15) is 72.2 Å². The summed E-state index contributed by atoms with van der Waals surface area (Å²) in [6.45, 7) is 6.27. The summed E-state index contributed by atoms with van der Waals surface area (Å²) in [5.41, 5.74) is 18.4. The van der Waals surface area contributed by atoms with Crippen molar-refractivity contribution in [1.82, 2.24) is 73.8 Å². The number of carboxylic acids is 1. The van der Waals surface area contributed by atoms with Crippen LogP contribution in [0.2, 0.25) is 0 Å². The fourth-order valence-electron chi connectivity index (χ4n) is 11.2. The maximum atomic E-state index is 15.1. The first-order valence-electron chi connectivity index (χ1n) is 34.6. The van der Waals surface area contributed by atoms with Crippen molar-refractivity contribution in [3.05, 3.63) is 102 Å². The number of aliphatic hydroxyl groups is 2. The number of H-pyrrole nitrogens is 2. The van der Waals surface area contributed by atoms with Crippen molar-refractivity contribution < 1.29 is 97.1 Å². The Morgan fingerprint density at radius 1 is 0.413 bits per heavy atom. The molecule has 0 fully saturated rings. The van der Waals surface area contributed by atoms with E-state index in [0.717, 1.165) is 20.8 Å². The molecular formula is C70H95N17O20S2. The molecule has 2 heterocycles. The van der Waals surface area contributed by atoms with Crippen LogP contribution in [0.1, 0.15) is 96.3 Å². The number of carboxylic acid groups (broad SMARTS) is 1. The zero-order valence-electron chi connectivity index (χ0n) is 60.3. The van der Waals surface area contributed by atoms with Crippen LogP contribution in [-0.2, 0) is 96.0 Å². The molecule has 0 saturated carbocycles. The third-order valence-corrected chi connectivity index (χ3v) is 17.8. The van der Waals surface area contributed by atoms with Gasteiger partial charge < -0.3 is 111 Å². The maximum Gasteiger partial charge on any atom is 0.303 e. The second-order valence-corrected chi connectivity index (χ2v) is 27.1. The Balaban J connectivity index is 1.48. The van der Waals surface area contributed by atoms with E-state index in [9.17, 15) is 87.5 Å². The molecule has 592 valence electrons. The standard InChI is InChI=1S/C70H95N17O20S2/c1-33(2)14-19-45(61(98)78-47(21-23-57(95)96)62(99)83-51(27-55(72)93)60(97)76-30-56(73)94)79-65(102)49(25-38-28-74-43-12-8-6-10-41(38)43)82-64(101)48(24-37-15-17-40(91)18-16-37)81-67(104)53(32-109)85-63(100)46(20-22-54(71)92)80-66(103)50(26-39-29-75-44-13-9-7-11-42(39)44)84-69(106)58(34(3)88)87-70(107)59(35(4)89)86-68(105)52(31-108)77-36(5)90/h6-13,15-18,28-29,33-35,45-53,58-59,74-75,88-89,91,108-109H,14,19-27,30-32H2,1-5H3,(H2,71,92)(H2,72,93)(H2,73,94)(H,76,97)(H,77,90)(H,78,98)(H,79,102)(H,80,103)(H,81,104)(H,82,101)(H,83,99)(H,84,106)(H,85,100)(H,86,105)(H,87,107)(H,95,96)/t34-,35-,45+,46+,47+,48+,49+,50+,51+,52+,53+,58+,59+/m1/s1. The highest BCUT2D eigenvalue weighted by Crippen LogP contribution is 2.23. The summed E-state index contributed by atoms with van der Waals surface area (Å²) < 4.78 is 0. The molecule has 37 nitrogen and oxygen atoms in total. The minimum Gasteiger partial charge on any atom is -0.508 e. The lowest BCUT2D eigenvalue weighted by molar-refractivity contribution is -0.139. The van der Waals surface area contributed by atoms with Crippen molar-refractivity contribution in [1.29, 1.82) is 0 Å². The van der Waals surface area contributed by atoms with Crippen LogP contribution in [0.25, 0.3) is 21.8 Å². The summed E-state index contributed by atoms with van der Waals surface area (Å²) >= 11 is 8.41. The number of aromatic hydroxyl groups is 1. The predicted octanol–water partition coefficient (Wildman–Crippen LogP) is -4.60. The third-order valence-electron chi connectivity index (χ3n) is 17.0. The van der Waals surface area contributed by atoms with Crippen molar-refractivity contribution in [2.45, 2.75) is 177 Å². The van der Waals surface area contributed by atoms with Gasteiger partial charge >= 0.3 is 5.97 Å². The highest BCUT2D eigenvalue weighted by Gasteiger charge is 2.39. The van der Waals surface area contributed by atoms with E-state index in [1.807, 2.05) is 0 Å².